The third-order valence-electron chi connectivity index (χ3n) is 6.39. The summed E-state index contributed by atoms with van der Waals surface area (Å²) < 4.78 is 29.8. The Hall–Kier alpha value is -2.65. The molecule has 0 aromatic heterocycles. The van der Waals surface area contributed by atoms with Gasteiger partial charge in [0.2, 0.25) is 0 Å². The van der Waals surface area contributed by atoms with E-state index in [0.29, 0.717) is 13.2 Å². The molecule has 204 valence electrons. The fourth-order valence-corrected chi connectivity index (χ4v) is 9.17. The molecule has 7 heteroatoms. The van der Waals surface area contributed by atoms with Crippen LogP contribution in [0.5, 0.6) is 0 Å². The lowest BCUT2D eigenvalue weighted by Gasteiger charge is -2.44. The molecule has 0 radical (unpaired) electrons. The Morgan fingerprint density at radius 1 is 0.737 bits per heavy atom. The van der Waals surface area contributed by atoms with Crippen molar-refractivity contribution in [1.82, 2.24) is 0 Å². The largest absolute Gasteiger partial charge is 0.405 e. The van der Waals surface area contributed by atoms with Crippen molar-refractivity contribution < 1.29 is 23.4 Å². The number of nitrogens with zero attached hydrogens (tertiary/aromatic N) is 1. The van der Waals surface area contributed by atoms with E-state index < -0.39 is 20.5 Å². The van der Waals surface area contributed by atoms with Gasteiger partial charge in [-0.15, -0.1) is 0 Å². The number of benzene rings is 3. The van der Waals surface area contributed by atoms with Gasteiger partial charge in [-0.25, -0.2) is 0 Å². The lowest BCUT2D eigenvalue weighted by atomic mass is 10.2. The van der Waals surface area contributed by atoms with Crippen LogP contribution in [-0.4, -0.2) is 61.2 Å². The first-order valence-electron chi connectivity index (χ1n) is 12.9. The summed E-state index contributed by atoms with van der Waals surface area (Å²) in [6, 6.07) is 31.2. The van der Waals surface area contributed by atoms with Gasteiger partial charge in [0.25, 0.3) is 8.32 Å². The lowest BCUT2D eigenvalue weighted by Crippen LogP contribution is -2.67. The van der Waals surface area contributed by atoms with Gasteiger partial charge in [-0.1, -0.05) is 112 Å². The van der Waals surface area contributed by atoms with Crippen LogP contribution in [0, 0.1) is 0 Å². The molecule has 0 N–H and O–H groups in total. The van der Waals surface area contributed by atoms with E-state index in [1.807, 2.05) is 42.5 Å². The Morgan fingerprint density at radius 3 is 1.74 bits per heavy atom. The minimum atomic E-state index is -2.76. The highest BCUT2D eigenvalue weighted by Crippen LogP contribution is 2.37. The van der Waals surface area contributed by atoms with Crippen LogP contribution in [-0.2, 0) is 29.9 Å². The van der Waals surface area contributed by atoms with Gasteiger partial charge in [0.15, 0.2) is 0 Å². The summed E-state index contributed by atoms with van der Waals surface area (Å²) in [5, 5.41) is 2.25. The van der Waals surface area contributed by atoms with Gasteiger partial charge < -0.3 is 23.4 Å². The van der Waals surface area contributed by atoms with E-state index in [4.69, 9.17) is 23.4 Å². The van der Waals surface area contributed by atoms with Crippen LogP contribution >= 0.6 is 0 Å². The zero-order valence-corrected chi connectivity index (χ0v) is 24.2. The summed E-state index contributed by atoms with van der Waals surface area (Å²) in [4.78, 5) is 4.66. The summed E-state index contributed by atoms with van der Waals surface area (Å²) in [7, 11) is 0.441. The molecule has 2 atom stereocenters. The van der Waals surface area contributed by atoms with Crippen molar-refractivity contribution >= 4 is 24.9 Å². The third-order valence-corrected chi connectivity index (χ3v) is 11.4. The van der Waals surface area contributed by atoms with Gasteiger partial charge in [-0.2, -0.15) is 0 Å². The molecular weight excluding hydrogens is 494 g/mol. The van der Waals surface area contributed by atoms with Crippen molar-refractivity contribution in [1.29, 1.82) is 0 Å². The summed E-state index contributed by atoms with van der Waals surface area (Å²) in [6.45, 7) is 7.81. The second kappa shape index (κ2) is 15.1. The average molecular weight is 536 g/mol. The Kier molecular flexibility index (Phi) is 11.9. The average Bonchev–Trinajstić information content (AvgIpc) is 2.94. The molecule has 0 saturated carbocycles. The first-order chi connectivity index (χ1) is 18.4. The quantitative estimate of drug-likeness (QED) is 0.159. The molecule has 3 aromatic rings. The van der Waals surface area contributed by atoms with Crippen LogP contribution in [0.25, 0.3) is 0 Å². The molecule has 0 saturated heterocycles. The number of ether oxygens (including phenoxy) is 4. The second-order valence-electron chi connectivity index (χ2n) is 10.1. The molecule has 3 rings (SSSR count). The van der Waals surface area contributed by atoms with Gasteiger partial charge in [0.05, 0.1) is 13.2 Å². The third kappa shape index (κ3) is 7.93. The first kappa shape index (κ1) is 29.9. The van der Waals surface area contributed by atoms with E-state index in [1.165, 1.54) is 10.4 Å². The zero-order chi connectivity index (χ0) is 27.3. The molecule has 0 amide bonds. The molecule has 0 unspecified atom stereocenters. The Morgan fingerprint density at radius 2 is 1.24 bits per heavy atom. The van der Waals surface area contributed by atoms with Crippen LogP contribution in [0.15, 0.2) is 96.0 Å². The minimum absolute atomic E-state index is 0.105. The predicted molar refractivity (Wildman–Crippen MR) is 156 cm³/mol. The summed E-state index contributed by atoms with van der Waals surface area (Å²) >= 11 is 0. The lowest BCUT2D eigenvalue weighted by molar-refractivity contribution is -0.145. The summed E-state index contributed by atoms with van der Waals surface area (Å²) in [6.07, 6.45) is 0.833. The number of methoxy groups -OCH3 is 2. The molecule has 0 bridgehead atoms. The highest BCUT2D eigenvalue weighted by molar-refractivity contribution is 6.99. The van der Waals surface area contributed by atoms with E-state index in [0.717, 1.165) is 5.56 Å². The SMILES string of the molecule is COCO[C@@H](C=NCc1ccccc1)[C@H](CO[Si](c1ccccc1)(c1ccccc1)C(C)(C)C)OCOC. The smallest absolute Gasteiger partial charge is 0.261 e. The maximum Gasteiger partial charge on any atom is 0.261 e. The molecular formula is C31H41NO5Si. The molecule has 0 fully saturated rings. The number of rotatable bonds is 15. The van der Waals surface area contributed by atoms with Gasteiger partial charge in [0, 0.05) is 20.4 Å². The van der Waals surface area contributed by atoms with E-state index in [-0.39, 0.29) is 18.6 Å². The van der Waals surface area contributed by atoms with Crippen LogP contribution in [0.4, 0.5) is 0 Å². The molecule has 3 aromatic carbocycles. The van der Waals surface area contributed by atoms with E-state index in [2.05, 4.69) is 74.3 Å². The van der Waals surface area contributed by atoms with E-state index in [9.17, 15) is 0 Å². The number of aliphatic imine (C=N–C) groups is 1. The zero-order valence-electron chi connectivity index (χ0n) is 23.2. The van der Waals surface area contributed by atoms with Crippen LogP contribution in [0.3, 0.4) is 0 Å². The molecule has 0 spiro atoms. The topological polar surface area (TPSA) is 58.5 Å². The normalized spacial score (nSPS) is 14.0. The van der Waals surface area contributed by atoms with Gasteiger partial charge in [-0.3, -0.25) is 4.99 Å². The highest BCUT2D eigenvalue weighted by Gasteiger charge is 2.50. The molecule has 0 aliphatic heterocycles. The molecule has 6 nitrogen and oxygen atoms in total. The number of hydrogen-bond acceptors (Lipinski definition) is 6. The fourth-order valence-electron chi connectivity index (χ4n) is 4.60. The maximum atomic E-state index is 7.13. The first-order valence-corrected chi connectivity index (χ1v) is 14.8. The highest BCUT2D eigenvalue weighted by atomic mass is 28.4. The van der Waals surface area contributed by atoms with Crippen LogP contribution in [0.1, 0.15) is 26.3 Å². The van der Waals surface area contributed by atoms with Crippen molar-refractivity contribution in [3.05, 3.63) is 96.6 Å². The predicted octanol–water partition coefficient (Wildman–Crippen LogP) is 4.81. The Labute approximate surface area is 228 Å². The molecule has 0 aliphatic carbocycles. The van der Waals surface area contributed by atoms with Gasteiger partial charge >= 0.3 is 0 Å². The molecule has 38 heavy (non-hydrogen) atoms. The van der Waals surface area contributed by atoms with Crippen molar-refractivity contribution in [2.45, 2.75) is 44.6 Å². The van der Waals surface area contributed by atoms with E-state index in [1.54, 1.807) is 20.4 Å². The van der Waals surface area contributed by atoms with Crippen LogP contribution < -0.4 is 10.4 Å². The fraction of sp³-hybridized carbons (Fsp3) is 0.387. The van der Waals surface area contributed by atoms with Crippen molar-refractivity contribution in [2.24, 2.45) is 4.99 Å². The van der Waals surface area contributed by atoms with E-state index >= 15 is 0 Å². The van der Waals surface area contributed by atoms with Crippen molar-refractivity contribution in [3.8, 4) is 0 Å². The summed E-state index contributed by atoms with van der Waals surface area (Å²) in [5.74, 6) is 0. The Balaban J connectivity index is 1.95. The van der Waals surface area contributed by atoms with Crippen LogP contribution in [0.2, 0.25) is 5.04 Å². The molecule has 0 heterocycles. The minimum Gasteiger partial charge on any atom is -0.405 e. The Bertz CT molecular complexity index is 1030. The standard InChI is InChI=1S/C31H41NO5Si/c1-31(2,3)38(27-17-11-7-12-18-27,28-19-13-8-14-20-28)37-23-30(36-25-34-5)29(35-24-33-4)22-32-21-26-15-9-6-10-16-26/h6-20,22,29-30H,21,23-25H2,1-5H3/t29-,30-/m0/s1. The van der Waals surface area contributed by atoms with Crippen molar-refractivity contribution in [2.75, 3.05) is 34.4 Å². The maximum absolute atomic E-state index is 7.13. The molecule has 0 aliphatic rings. The van der Waals surface area contributed by atoms with Gasteiger partial charge in [0.1, 0.15) is 25.8 Å². The van der Waals surface area contributed by atoms with Crippen molar-refractivity contribution in [3.63, 3.8) is 0 Å². The monoisotopic (exact) mass is 535 g/mol. The summed E-state index contributed by atoms with van der Waals surface area (Å²) in [5.41, 5.74) is 1.12. The second-order valence-corrected chi connectivity index (χ2v) is 14.4. The van der Waals surface area contributed by atoms with Gasteiger partial charge in [-0.05, 0) is 21.0 Å². The number of hydrogen-bond donors (Lipinski definition) is 0.